The molecule has 0 spiro atoms. The van der Waals surface area contributed by atoms with Crippen molar-refractivity contribution in [2.24, 2.45) is 12.0 Å². The molecule has 0 radical (unpaired) electrons. The molecule has 0 saturated carbocycles. The molecule has 2 aromatic rings. The van der Waals surface area contributed by atoms with Crippen LogP contribution < -0.4 is 10.6 Å². The average molecular weight is 344 g/mol. The maximum atomic E-state index is 5.70. The third kappa shape index (κ3) is 4.63. The maximum Gasteiger partial charge on any atom is 0.191 e. The van der Waals surface area contributed by atoms with Crippen LogP contribution in [0.5, 0.6) is 0 Å². The molecule has 1 saturated heterocycles. The first kappa shape index (κ1) is 17.5. The predicted molar refractivity (Wildman–Crippen MR) is 98.3 cm³/mol. The van der Waals surface area contributed by atoms with Gasteiger partial charge in [-0.05, 0) is 44.1 Å². The van der Waals surface area contributed by atoms with Crippen molar-refractivity contribution in [1.82, 2.24) is 25.3 Å². The standard InChI is InChI=1S/C18H28N6O/c1-19-18(20-13-15-8-9-22-23(15)2)21-14-16(17-7-6-12-25-17)24-10-4-3-5-11-24/h6-9,12,16H,3-5,10-11,13-14H2,1-2H3,(H2,19,20,21). The minimum absolute atomic E-state index is 0.227. The van der Waals surface area contributed by atoms with Crippen LogP contribution in [0.2, 0.25) is 0 Å². The molecule has 1 atom stereocenters. The van der Waals surface area contributed by atoms with Gasteiger partial charge >= 0.3 is 0 Å². The zero-order valence-electron chi connectivity index (χ0n) is 15.1. The molecule has 0 bridgehead atoms. The van der Waals surface area contributed by atoms with E-state index in [2.05, 4.69) is 31.7 Å². The lowest BCUT2D eigenvalue weighted by atomic mass is 10.1. The van der Waals surface area contributed by atoms with Crippen LogP contribution >= 0.6 is 0 Å². The van der Waals surface area contributed by atoms with Gasteiger partial charge in [0.05, 0.1) is 24.5 Å². The van der Waals surface area contributed by atoms with Crippen LogP contribution in [0.4, 0.5) is 0 Å². The molecule has 3 heterocycles. The summed E-state index contributed by atoms with van der Waals surface area (Å²) in [5, 5.41) is 11.0. The van der Waals surface area contributed by atoms with Gasteiger partial charge in [0.25, 0.3) is 0 Å². The van der Waals surface area contributed by atoms with Crippen LogP contribution in [0, 0.1) is 0 Å². The number of nitrogens with zero attached hydrogens (tertiary/aromatic N) is 4. The van der Waals surface area contributed by atoms with Crippen molar-refractivity contribution in [3.63, 3.8) is 0 Å². The summed E-state index contributed by atoms with van der Waals surface area (Å²) in [6, 6.07) is 6.25. The summed E-state index contributed by atoms with van der Waals surface area (Å²) in [6.45, 7) is 3.69. The number of guanidine groups is 1. The van der Waals surface area contributed by atoms with E-state index in [1.54, 1.807) is 19.5 Å². The molecule has 7 heteroatoms. The normalized spacial score (nSPS) is 17.4. The van der Waals surface area contributed by atoms with E-state index in [1.165, 1.54) is 19.3 Å². The van der Waals surface area contributed by atoms with Gasteiger partial charge in [0, 0.05) is 26.8 Å². The minimum Gasteiger partial charge on any atom is -0.468 e. The second-order valence-electron chi connectivity index (χ2n) is 6.38. The first-order valence-corrected chi connectivity index (χ1v) is 8.97. The van der Waals surface area contributed by atoms with E-state index >= 15 is 0 Å². The maximum absolute atomic E-state index is 5.70. The number of hydrogen-bond donors (Lipinski definition) is 2. The second-order valence-corrected chi connectivity index (χ2v) is 6.38. The van der Waals surface area contributed by atoms with Gasteiger partial charge in [-0.2, -0.15) is 5.10 Å². The predicted octanol–water partition coefficient (Wildman–Crippen LogP) is 1.91. The molecule has 1 fully saturated rings. The number of furan rings is 1. The summed E-state index contributed by atoms with van der Waals surface area (Å²) in [6.07, 6.45) is 7.39. The van der Waals surface area contributed by atoms with Gasteiger partial charge in [-0.3, -0.25) is 14.6 Å². The number of aromatic nitrogens is 2. The van der Waals surface area contributed by atoms with E-state index in [1.807, 2.05) is 23.9 Å². The molecule has 0 aromatic carbocycles. The van der Waals surface area contributed by atoms with Crippen molar-refractivity contribution in [2.75, 3.05) is 26.7 Å². The zero-order chi connectivity index (χ0) is 17.5. The van der Waals surface area contributed by atoms with Gasteiger partial charge in [0.1, 0.15) is 5.76 Å². The summed E-state index contributed by atoms with van der Waals surface area (Å²) < 4.78 is 7.56. The number of hydrogen-bond acceptors (Lipinski definition) is 4. The largest absolute Gasteiger partial charge is 0.468 e. The van der Waals surface area contributed by atoms with Crippen LogP contribution in [0.25, 0.3) is 0 Å². The third-order valence-electron chi connectivity index (χ3n) is 4.75. The highest BCUT2D eigenvalue weighted by Gasteiger charge is 2.24. The zero-order valence-corrected chi connectivity index (χ0v) is 15.1. The Labute approximate surface area is 149 Å². The molecule has 7 nitrogen and oxygen atoms in total. The fourth-order valence-corrected chi connectivity index (χ4v) is 3.28. The van der Waals surface area contributed by atoms with E-state index in [4.69, 9.17) is 4.42 Å². The van der Waals surface area contributed by atoms with E-state index in [-0.39, 0.29) is 6.04 Å². The van der Waals surface area contributed by atoms with E-state index < -0.39 is 0 Å². The van der Waals surface area contributed by atoms with Gasteiger partial charge in [0.2, 0.25) is 0 Å². The van der Waals surface area contributed by atoms with Gasteiger partial charge in [-0.1, -0.05) is 6.42 Å². The number of aryl methyl sites for hydroxylation is 1. The molecular weight excluding hydrogens is 316 g/mol. The second kappa shape index (κ2) is 8.71. The molecule has 1 aliphatic heterocycles. The third-order valence-corrected chi connectivity index (χ3v) is 4.75. The first-order chi connectivity index (χ1) is 12.3. The smallest absolute Gasteiger partial charge is 0.191 e. The number of nitrogens with one attached hydrogen (secondary N) is 2. The Morgan fingerprint density at radius 1 is 1.28 bits per heavy atom. The summed E-state index contributed by atoms with van der Waals surface area (Å²) in [5.74, 6) is 1.80. The van der Waals surface area contributed by atoms with Gasteiger partial charge in [-0.25, -0.2) is 0 Å². The van der Waals surface area contributed by atoms with Crippen LogP contribution in [-0.2, 0) is 13.6 Å². The van der Waals surface area contributed by atoms with Crippen molar-refractivity contribution >= 4 is 5.96 Å². The van der Waals surface area contributed by atoms with Gasteiger partial charge in [-0.15, -0.1) is 0 Å². The number of piperidine rings is 1. The molecule has 1 unspecified atom stereocenters. The Morgan fingerprint density at radius 3 is 2.76 bits per heavy atom. The van der Waals surface area contributed by atoms with Crippen molar-refractivity contribution in [3.05, 3.63) is 42.1 Å². The fourth-order valence-electron chi connectivity index (χ4n) is 3.28. The van der Waals surface area contributed by atoms with Crippen molar-refractivity contribution in [3.8, 4) is 0 Å². The van der Waals surface area contributed by atoms with Gasteiger partial charge < -0.3 is 15.1 Å². The molecule has 136 valence electrons. The Morgan fingerprint density at radius 2 is 2.12 bits per heavy atom. The summed E-state index contributed by atoms with van der Waals surface area (Å²) in [5.41, 5.74) is 1.11. The monoisotopic (exact) mass is 344 g/mol. The van der Waals surface area contributed by atoms with Crippen molar-refractivity contribution in [1.29, 1.82) is 0 Å². The van der Waals surface area contributed by atoms with Crippen LogP contribution in [0.3, 0.4) is 0 Å². The van der Waals surface area contributed by atoms with Crippen LogP contribution in [0.1, 0.15) is 36.8 Å². The van der Waals surface area contributed by atoms with Gasteiger partial charge in [0.15, 0.2) is 5.96 Å². The molecule has 0 aliphatic carbocycles. The highest BCUT2D eigenvalue weighted by molar-refractivity contribution is 5.79. The van der Waals surface area contributed by atoms with Crippen molar-refractivity contribution < 1.29 is 4.42 Å². The highest BCUT2D eigenvalue weighted by atomic mass is 16.3. The molecular formula is C18H28N6O. The summed E-state index contributed by atoms with van der Waals surface area (Å²) in [7, 11) is 3.73. The summed E-state index contributed by atoms with van der Waals surface area (Å²) in [4.78, 5) is 6.83. The molecule has 1 aliphatic rings. The minimum atomic E-state index is 0.227. The molecule has 3 rings (SSSR count). The number of aliphatic imine (C=N–C) groups is 1. The lowest BCUT2D eigenvalue weighted by molar-refractivity contribution is 0.146. The van der Waals surface area contributed by atoms with E-state index in [0.717, 1.165) is 37.0 Å². The Kier molecular flexibility index (Phi) is 6.11. The average Bonchev–Trinajstić information content (AvgIpc) is 3.31. The fraction of sp³-hybridized carbons (Fsp3) is 0.556. The molecule has 2 N–H and O–H groups in total. The summed E-state index contributed by atoms with van der Waals surface area (Å²) >= 11 is 0. The van der Waals surface area contributed by atoms with E-state index in [9.17, 15) is 0 Å². The van der Waals surface area contributed by atoms with E-state index in [0.29, 0.717) is 6.54 Å². The first-order valence-electron chi connectivity index (χ1n) is 8.97. The molecule has 2 aromatic heterocycles. The Balaban J connectivity index is 1.58. The number of likely N-dealkylation sites (tertiary alicyclic amines) is 1. The number of rotatable bonds is 6. The Bertz CT molecular complexity index is 657. The lowest BCUT2D eigenvalue weighted by Crippen LogP contribution is -2.44. The van der Waals surface area contributed by atoms with Crippen molar-refractivity contribution in [2.45, 2.75) is 31.8 Å². The lowest BCUT2D eigenvalue weighted by Gasteiger charge is -2.33. The topological polar surface area (TPSA) is 70.6 Å². The quantitative estimate of drug-likeness (QED) is 0.619. The Hall–Kier alpha value is -2.28. The highest BCUT2D eigenvalue weighted by Crippen LogP contribution is 2.24. The molecule has 25 heavy (non-hydrogen) atoms. The SMILES string of the molecule is CN=C(NCc1ccnn1C)NCC(c1ccco1)N1CCCCC1. The van der Waals surface area contributed by atoms with Crippen LogP contribution in [-0.4, -0.2) is 47.3 Å². The molecule has 0 amide bonds. The van der Waals surface area contributed by atoms with Crippen LogP contribution in [0.15, 0.2) is 40.1 Å².